The first kappa shape index (κ1) is 29.5. The molecule has 1 aliphatic carbocycles. The molecule has 2 N–H and O–H groups in total. The Kier molecular flexibility index (Phi) is 10.6. The first-order chi connectivity index (χ1) is 18.2. The van der Waals surface area contributed by atoms with Crippen molar-refractivity contribution in [2.75, 3.05) is 19.8 Å². The van der Waals surface area contributed by atoms with E-state index in [9.17, 15) is 14.9 Å². The third kappa shape index (κ3) is 7.08. The molecule has 0 radical (unpaired) electrons. The molecule has 7 nitrogen and oxygen atoms in total. The van der Waals surface area contributed by atoms with Crippen LogP contribution in [0, 0.1) is 23.2 Å². The molecule has 2 aliphatic rings. The van der Waals surface area contributed by atoms with E-state index in [1.807, 2.05) is 39.8 Å². The van der Waals surface area contributed by atoms with Gasteiger partial charge in [-0.1, -0.05) is 27.2 Å². The number of dihydropyridines is 1. The number of carbonyl (C=O) groups is 2. The molecular weight excluding hydrogens is 546 g/mol. The Morgan fingerprint density at radius 1 is 1.29 bits per heavy atom. The number of nitrogens with zero attached hydrogens (tertiary/aromatic N) is 1. The zero-order valence-electron chi connectivity index (χ0n) is 22.9. The standard InChI is InChI=1S/C30H38BrN3O4/c1-6-9-20-12-24-29(25(35)13-20)28(22(16-32)19(5)34-24)21-14-23(31)30(26(15-21)37-7-2)38-11-8-10-27(36)33-17-18(3)4/h8,10,14-15,18,20,28,34H,6-7,9,11-13,17H2,1-5H3,(H,33,36)/b10-8+. The molecule has 1 amide bonds. The van der Waals surface area contributed by atoms with Crippen LogP contribution in [0.1, 0.15) is 71.8 Å². The predicted molar refractivity (Wildman–Crippen MR) is 152 cm³/mol. The Bertz CT molecular complexity index is 1190. The Hall–Kier alpha value is -3.05. The van der Waals surface area contributed by atoms with Gasteiger partial charge in [-0.3, -0.25) is 9.59 Å². The van der Waals surface area contributed by atoms with Crippen LogP contribution >= 0.6 is 15.9 Å². The number of ketones is 1. The number of ether oxygens (including phenoxy) is 2. The topological polar surface area (TPSA) is 100 Å². The number of amides is 1. The van der Waals surface area contributed by atoms with Crippen LogP contribution in [0.25, 0.3) is 0 Å². The van der Waals surface area contributed by atoms with E-state index in [1.54, 1.807) is 6.08 Å². The minimum Gasteiger partial charge on any atom is -0.490 e. The molecule has 0 aromatic heterocycles. The van der Waals surface area contributed by atoms with Gasteiger partial charge in [0.15, 0.2) is 17.3 Å². The van der Waals surface area contributed by atoms with Crippen molar-refractivity contribution in [2.45, 2.75) is 66.2 Å². The van der Waals surface area contributed by atoms with Crippen LogP contribution < -0.4 is 20.1 Å². The van der Waals surface area contributed by atoms with Crippen LogP contribution in [0.3, 0.4) is 0 Å². The average Bonchev–Trinajstić information content (AvgIpc) is 2.85. The van der Waals surface area contributed by atoms with Gasteiger partial charge in [-0.05, 0) is 78.2 Å². The van der Waals surface area contributed by atoms with Gasteiger partial charge in [0.05, 0.1) is 28.6 Å². The van der Waals surface area contributed by atoms with Crippen molar-refractivity contribution >= 4 is 27.6 Å². The second kappa shape index (κ2) is 13.7. The number of hydrogen-bond donors (Lipinski definition) is 2. The molecule has 0 spiro atoms. The summed E-state index contributed by atoms with van der Waals surface area (Å²) in [7, 11) is 0. The van der Waals surface area contributed by atoms with Gasteiger partial charge in [-0.2, -0.15) is 5.26 Å². The van der Waals surface area contributed by atoms with Gasteiger partial charge in [0.1, 0.15) is 6.61 Å². The van der Waals surface area contributed by atoms with Gasteiger partial charge in [-0.15, -0.1) is 0 Å². The molecule has 38 heavy (non-hydrogen) atoms. The summed E-state index contributed by atoms with van der Waals surface area (Å²) in [5.74, 6) is 1.16. The van der Waals surface area contributed by atoms with Crippen molar-refractivity contribution in [3.05, 3.63) is 56.9 Å². The largest absolute Gasteiger partial charge is 0.490 e. The van der Waals surface area contributed by atoms with Gasteiger partial charge in [0.25, 0.3) is 0 Å². The SMILES string of the molecule is CCCC1CC(=O)C2=C(C1)NC(C)=C(C#N)C2c1cc(Br)c(OC/C=C/C(=O)NCC(C)C)c(OCC)c1. The Labute approximate surface area is 234 Å². The second-order valence-corrected chi connectivity index (χ2v) is 11.1. The Morgan fingerprint density at radius 2 is 2.05 bits per heavy atom. The summed E-state index contributed by atoms with van der Waals surface area (Å²) in [5, 5.41) is 16.3. The molecule has 1 heterocycles. The number of rotatable bonds is 11. The van der Waals surface area contributed by atoms with E-state index < -0.39 is 5.92 Å². The van der Waals surface area contributed by atoms with Crippen molar-refractivity contribution in [1.82, 2.24) is 10.6 Å². The van der Waals surface area contributed by atoms with Crippen LogP contribution in [-0.4, -0.2) is 31.4 Å². The summed E-state index contributed by atoms with van der Waals surface area (Å²) in [4.78, 5) is 25.3. The van der Waals surface area contributed by atoms with E-state index in [-0.39, 0.29) is 18.3 Å². The highest BCUT2D eigenvalue weighted by Gasteiger charge is 2.39. The fourth-order valence-corrected chi connectivity index (χ4v) is 5.60. The molecule has 0 fully saturated rings. The highest BCUT2D eigenvalue weighted by Crippen LogP contribution is 2.47. The molecule has 2 unspecified atom stereocenters. The number of Topliss-reactive ketones (excluding diaryl/α,β-unsaturated/α-hetero) is 1. The van der Waals surface area contributed by atoms with Crippen LogP contribution in [0.4, 0.5) is 0 Å². The van der Waals surface area contributed by atoms with Crippen LogP contribution in [0.5, 0.6) is 11.5 Å². The maximum atomic E-state index is 13.4. The molecule has 1 aromatic carbocycles. The molecule has 0 bridgehead atoms. The van der Waals surface area contributed by atoms with E-state index in [0.717, 1.165) is 36.2 Å². The molecular formula is C30H38BrN3O4. The van der Waals surface area contributed by atoms with E-state index in [1.165, 1.54) is 6.08 Å². The number of carbonyl (C=O) groups excluding carboxylic acids is 2. The lowest BCUT2D eigenvalue weighted by Crippen LogP contribution is -2.34. The highest BCUT2D eigenvalue weighted by atomic mass is 79.9. The molecule has 0 saturated heterocycles. The Morgan fingerprint density at radius 3 is 2.71 bits per heavy atom. The minimum absolute atomic E-state index is 0.0951. The molecule has 204 valence electrons. The van der Waals surface area contributed by atoms with Gasteiger partial charge in [0, 0.05) is 36.0 Å². The summed E-state index contributed by atoms with van der Waals surface area (Å²) >= 11 is 3.62. The van der Waals surface area contributed by atoms with Crippen molar-refractivity contribution in [2.24, 2.45) is 11.8 Å². The number of nitriles is 1. The molecule has 1 aliphatic heterocycles. The third-order valence-electron chi connectivity index (χ3n) is 6.67. The summed E-state index contributed by atoms with van der Waals surface area (Å²) in [5.41, 5.74) is 3.71. The monoisotopic (exact) mass is 583 g/mol. The van der Waals surface area contributed by atoms with E-state index >= 15 is 0 Å². The number of nitrogens with one attached hydrogen (secondary N) is 2. The van der Waals surface area contributed by atoms with Gasteiger partial charge in [-0.25, -0.2) is 0 Å². The van der Waals surface area contributed by atoms with Gasteiger partial charge >= 0.3 is 0 Å². The third-order valence-corrected chi connectivity index (χ3v) is 7.26. The second-order valence-electron chi connectivity index (χ2n) is 10.2. The summed E-state index contributed by atoms with van der Waals surface area (Å²) < 4.78 is 12.6. The lowest BCUT2D eigenvalue weighted by Gasteiger charge is -2.35. The highest BCUT2D eigenvalue weighted by molar-refractivity contribution is 9.10. The number of allylic oxidation sites excluding steroid dienone is 4. The maximum absolute atomic E-state index is 13.4. The molecule has 3 rings (SSSR count). The number of halogens is 1. The first-order valence-electron chi connectivity index (χ1n) is 13.4. The normalized spacial score (nSPS) is 19.4. The summed E-state index contributed by atoms with van der Waals surface area (Å²) in [6, 6.07) is 6.10. The van der Waals surface area contributed by atoms with E-state index in [2.05, 4.69) is 39.6 Å². The van der Waals surface area contributed by atoms with Crippen molar-refractivity contribution < 1.29 is 19.1 Å². The van der Waals surface area contributed by atoms with Crippen molar-refractivity contribution in [3.8, 4) is 17.6 Å². The fourth-order valence-electron chi connectivity index (χ4n) is 5.02. The number of hydrogen-bond acceptors (Lipinski definition) is 6. The first-order valence-corrected chi connectivity index (χ1v) is 14.2. The molecule has 0 saturated carbocycles. The lowest BCUT2D eigenvalue weighted by atomic mass is 9.72. The fraction of sp³-hybridized carbons (Fsp3) is 0.500. The maximum Gasteiger partial charge on any atom is 0.243 e. The average molecular weight is 585 g/mol. The molecule has 2 atom stereocenters. The zero-order valence-corrected chi connectivity index (χ0v) is 24.5. The summed E-state index contributed by atoms with van der Waals surface area (Å²) in [6.07, 6.45) is 6.46. The Balaban J connectivity index is 1.92. The quantitative estimate of drug-likeness (QED) is 0.306. The minimum atomic E-state index is -0.472. The van der Waals surface area contributed by atoms with E-state index in [0.29, 0.717) is 58.5 Å². The number of benzene rings is 1. The predicted octanol–water partition coefficient (Wildman–Crippen LogP) is 6.07. The van der Waals surface area contributed by atoms with Gasteiger partial charge in [0.2, 0.25) is 5.91 Å². The molecule has 1 aromatic rings. The van der Waals surface area contributed by atoms with Crippen LogP contribution in [0.15, 0.2) is 51.3 Å². The lowest BCUT2D eigenvalue weighted by molar-refractivity contribution is -0.117. The summed E-state index contributed by atoms with van der Waals surface area (Å²) in [6.45, 7) is 11.2. The van der Waals surface area contributed by atoms with E-state index in [4.69, 9.17) is 9.47 Å². The van der Waals surface area contributed by atoms with Crippen LogP contribution in [-0.2, 0) is 9.59 Å². The van der Waals surface area contributed by atoms with Crippen molar-refractivity contribution in [3.63, 3.8) is 0 Å². The molecule has 8 heteroatoms. The van der Waals surface area contributed by atoms with Crippen molar-refractivity contribution in [1.29, 1.82) is 5.26 Å². The zero-order chi connectivity index (χ0) is 27.8. The van der Waals surface area contributed by atoms with Crippen LogP contribution in [0.2, 0.25) is 0 Å². The van der Waals surface area contributed by atoms with Gasteiger partial charge < -0.3 is 20.1 Å². The smallest absolute Gasteiger partial charge is 0.243 e.